The SMILES string of the molecule is CCOC(=O)COc1ccc([C@@H]2C(C(=O)OCC)=C(C)N[C@H]3S/C(=C\c4cccc5ccccc45)C(=O)N32)cc1OC. The van der Waals surface area contributed by atoms with Crippen LogP contribution in [0.4, 0.5) is 0 Å². The van der Waals surface area contributed by atoms with Crippen LogP contribution in [-0.2, 0) is 23.9 Å². The number of carbonyl (C=O) groups excluding carboxylic acids is 3. The average molecular weight is 589 g/mol. The fourth-order valence-electron chi connectivity index (χ4n) is 5.15. The second kappa shape index (κ2) is 12.6. The molecule has 0 spiro atoms. The Morgan fingerprint density at radius 2 is 1.76 bits per heavy atom. The molecular weight excluding hydrogens is 556 g/mol. The van der Waals surface area contributed by atoms with Crippen LogP contribution < -0.4 is 14.8 Å². The topological polar surface area (TPSA) is 103 Å². The number of allylic oxidation sites excluding steroid dienone is 1. The molecule has 10 heteroatoms. The van der Waals surface area contributed by atoms with Gasteiger partial charge in [0.15, 0.2) is 23.6 Å². The standard InChI is InChI=1S/C32H32N2O7S/c1-5-39-27(35)18-41-24-15-14-22(16-25(24)38-4)29-28(31(37)40-6-2)19(3)33-32-34(29)30(36)26(42-32)17-21-12-9-11-20-10-7-8-13-23(20)21/h7-17,29,32-33H,5-6,18H2,1-4H3/b26-17-/t29-,32-/m1/s1. The van der Waals surface area contributed by atoms with Gasteiger partial charge in [0.05, 0.1) is 36.8 Å². The van der Waals surface area contributed by atoms with Gasteiger partial charge >= 0.3 is 11.9 Å². The second-order valence-corrected chi connectivity index (χ2v) is 10.7. The van der Waals surface area contributed by atoms with Crippen molar-refractivity contribution in [1.82, 2.24) is 10.2 Å². The molecule has 2 aliphatic rings. The molecule has 0 unspecified atom stereocenters. The largest absolute Gasteiger partial charge is 0.493 e. The maximum Gasteiger partial charge on any atom is 0.344 e. The Morgan fingerprint density at radius 1 is 1.00 bits per heavy atom. The number of methoxy groups -OCH3 is 1. The van der Waals surface area contributed by atoms with Gasteiger partial charge in [-0.3, -0.25) is 9.69 Å². The zero-order valence-corrected chi connectivity index (χ0v) is 24.7. The summed E-state index contributed by atoms with van der Waals surface area (Å²) in [5.74, 6) is -0.559. The fraction of sp³-hybridized carbons (Fsp3) is 0.281. The van der Waals surface area contributed by atoms with Crippen molar-refractivity contribution in [3.05, 3.63) is 88.0 Å². The highest BCUT2D eigenvalue weighted by atomic mass is 32.2. The molecule has 3 aromatic carbocycles. The van der Waals surface area contributed by atoms with Gasteiger partial charge in [-0.15, -0.1) is 0 Å². The van der Waals surface area contributed by atoms with Crippen molar-refractivity contribution in [2.24, 2.45) is 0 Å². The van der Waals surface area contributed by atoms with Crippen molar-refractivity contribution in [2.45, 2.75) is 32.3 Å². The smallest absolute Gasteiger partial charge is 0.344 e. The van der Waals surface area contributed by atoms with E-state index in [0.29, 0.717) is 33.2 Å². The zero-order chi connectivity index (χ0) is 29.8. The van der Waals surface area contributed by atoms with Gasteiger partial charge in [-0.05, 0) is 60.9 Å². The molecule has 0 bridgehead atoms. The molecule has 0 saturated carbocycles. The summed E-state index contributed by atoms with van der Waals surface area (Å²) in [4.78, 5) is 41.4. The summed E-state index contributed by atoms with van der Waals surface area (Å²) in [6.45, 7) is 5.41. The van der Waals surface area contributed by atoms with Crippen molar-refractivity contribution < 1.29 is 33.3 Å². The van der Waals surface area contributed by atoms with E-state index in [1.165, 1.54) is 18.9 Å². The number of fused-ring (bicyclic) bond motifs is 2. The fourth-order valence-corrected chi connectivity index (χ4v) is 6.36. The third-order valence-electron chi connectivity index (χ3n) is 6.99. The first kappa shape index (κ1) is 29.1. The van der Waals surface area contributed by atoms with Crippen LogP contribution in [0.5, 0.6) is 11.5 Å². The van der Waals surface area contributed by atoms with E-state index in [0.717, 1.165) is 16.3 Å². The Balaban J connectivity index is 1.54. The number of hydrogen-bond acceptors (Lipinski definition) is 9. The lowest BCUT2D eigenvalue weighted by atomic mass is 9.93. The first-order chi connectivity index (χ1) is 20.4. The van der Waals surface area contributed by atoms with E-state index in [-0.39, 0.29) is 25.7 Å². The molecule has 42 heavy (non-hydrogen) atoms. The molecule has 0 aromatic heterocycles. The highest BCUT2D eigenvalue weighted by Gasteiger charge is 2.48. The monoisotopic (exact) mass is 588 g/mol. The minimum Gasteiger partial charge on any atom is -0.493 e. The summed E-state index contributed by atoms with van der Waals surface area (Å²) >= 11 is 1.40. The molecule has 1 N–H and O–H groups in total. The Morgan fingerprint density at radius 3 is 2.52 bits per heavy atom. The number of benzene rings is 3. The molecule has 3 aromatic rings. The van der Waals surface area contributed by atoms with Gasteiger partial charge < -0.3 is 24.3 Å². The van der Waals surface area contributed by atoms with Crippen molar-refractivity contribution in [3.63, 3.8) is 0 Å². The van der Waals surface area contributed by atoms with Crippen LogP contribution >= 0.6 is 11.8 Å². The van der Waals surface area contributed by atoms with E-state index in [1.807, 2.05) is 55.5 Å². The summed E-state index contributed by atoms with van der Waals surface area (Å²) in [5, 5.41) is 5.45. The molecule has 2 heterocycles. The minimum absolute atomic E-state index is 0.185. The summed E-state index contributed by atoms with van der Waals surface area (Å²) < 4.78 is 21.6. The lowest BCUT2D eigenvalue weighted by Crippen LogP contribution is -2.50. The Labute approximate surface area is 248 Å². The number of rotatable bonds is 9. The number of nitrogens with one attached hydrogen (secondary N) is 1. The predicted octanol–water partition coefficient (Wildman–Crippen LogP) is 5.17. The normalized spacial score (nSPS) is 19.0. The highest BCUT2D eigenvalue weighted by molar-refractivity contribution is 8.05. The Kier molecular flexibility index (Phi) is 8.72. The van der Waals surface area contributed by atoms with Gasteiger partial charge in [-0.1, -0.05) is 60.3 Å². The van der Waals surface area contributed by atoms with Gasteiger partial charge in [-0.2, -0.15) is 0 Å². The predicted molar refractivity (Wildman–Crippen MR) is 160 cm³/mol. The number of carbonyl (C=O) groups is 3. The first-order valence-electron chi connectivity index (χ1n) is 13.7. The number of nitrogens with zero attached hydrogens (tertiary/aromatic N) is 1. The molecule has 1 fully saturated rings. The van der Waals surface area contributed by atoms with Crippen LogP contribution in [0.15, 0.2) is 76.8 Å². The molecule has 0 aliphatic carbocycles. The van der Waals surface area contributed by atoms with Crippen LogP contribution in [0.2, 0.25) is 0 Å². The van der Waals surface area contributed by atoms with Crippen molar-refractivity contribution in [3.8, 4) is 11.5 Å². The lowest BCUT2D eigenvalue weighted by molar-refractivity contribution is -0.145. The molecule has 2 atom stereocenters. The average Bonchev–Trinajstić information content (AvgIpc) is 3.29. The van der Waals surface area contributed by atoms with Crippen LogP contribution in [0, 0.1) is 0 Å². The summed E-state index contributed by atoms with van der Waals surface area (Å²) in [5.41, 5.74) is 2.06. The molecule has 2 aliphatic heterocycles. The van der Waals surface area contributed by atoms with Crippen LogP contribution in [0.25, 0.3) is 16.8 Å². The van der Waals surface area contributed by atoms with E-state index >= 15 is 0 Å². The molecule has 218 valence electrons. The van der Waals surface area contributed by atoms with E-state index in [9.17, 15) is 14.4 Å². The van der Waals surface area contributed by atoms with Gasteiger partial charge in [0.25, 0.3) is 5.91 Å². The second-order valence-electron chi connectivity index (χ2n) is 9.57. The van der Waals surface area contributed by atoms with Crippen molar-refractivity contribution in [2.75, 3.05) is 26.9 Å². The van der Waals surface area contributed by atoms with Gasteiger partial charge in [0.1, 0.15) is 0 Å². The van der Waals surface area contributed by atoms with Crippen molar-refractivity contribution in [1.29, 1.82) is 0 Å². The van der Waals surface area contributed by atoms with Gasteiger partial charge in [0.2, 0.25) is 0 Å². The highest BCUT2D eigenvalue weighted by Crippen LogP contribution is 2.47. The van der Waals surface area contributed by atoms with Gasteiger partial charge in [0, 0.05) is 5.70 Å². The molecule has 0 radical (unpaired) electrons. The van der Waals surface area contributed by atoms with E-state index in [4.69, 9.17) is 18.9 Å². The molecule has 5 rings (SSSR count). The number of esters is 2. The Hall–Kier alpha value is -4.44. The van der Waals surface area contributed by atoms with E-state index in [2.05, 4.69) is 5.32 Å². The zero-order valence-electron chi connectivity index (χ0n) is 23.8. The van der Waals surface area contributed by atoms with Crippen LogP contribution in [0.1, 0.15) is 37.9 Å². The van der Waals surface area contributed by atoms with Crippen LogP contribution in [-0.4, -0.2) is 55.2 Å². The molecule has 9 nitrogen and oxygen atoms in total. The number of ether oxygens (including phenoxy) is 4. The summed E-state index contributed by atoms with van der Waals surface area (Å²) in [6.07, 6.45) is 1.90. The summed E-state index contributed by atoms with van der Waals surface area (Å²) in [6, 6.07) is 18.4. The van der Waals surface area contributed by atoms with E-state index in [1.54, 1.807) is 36.9 Å². The third kappa shape index (κ3) is 5.67. The van der Waals surface area contributed by atoms with Crippen LogP contribution in [0.3, 0.4) is 0 Å². The molecule has 1 saturated heterocycles. The Bertz CT molecular complexity index is 1590. The van der Waals surface area contributed by atoms with Gasteiger partial charge in [-0.25, -0.2) is 9.59 Å². The quantitative estimate of drug-likeness (QED) is 0.268. The maximum atomic E-state index is 14.1. The first-order valence-corrected chi connectivity index (χ1v) is 14.5. The molecule has 1 amide bonds. The summed E-state index contributed by atoms with van der Waals surface area (Å²) in [7, 11) is 1.48. The maximum absolute atomic E-state index is 14.1. The third-order valence-corrected chi connectivity index (χ3v) is 8.11. The minimum atomic E-state index is -0.762. The van der Waals surface area contributed by atoms with E-state index < -0.39 is 23.5 Å². The lowest BCUT2D eigenvalue weighted by Gasteiger charge is -2.39. The number of amides is 1. The van der Waals surface area contributed by atoms with Crippen molar-refractivity contribution >= 4 is 46.5 Å². The number of hydrogen-bond donors (Lipinski definition) is 1. The molecular formula is C32H32N2O7S. The number of thioether (sulfide) groups is 1.